The van der Waals surface area contributed by atoms with Gasteiger partial charge in [0.15, 0.2) is 0 Å². The second-order valence-corrected chi connectivity index (χ2v) is 4.47. The molecule has 0 radical (unpaired) electrons. The SMILES string of the molecule is CC(C)=C(C)C#CC1(O)CCCCC1. The number of hydrogen-bond acceptors (Lipinski definition) is 1. The van der Waals surface area contributed by atoms with E-state index in [1.54, 1.807) is 0 Å². The lowest BCUT2D eigenvalue weighted by Crippen LogP contribution is -2.29. The summed E-state index contributed by atoms with van der Waals surface area (Å²) in [5.74, 6) is 6.10. The molecule has 0 amide bonds. The summed E-state index contributed by atoms with van der Waals surface area (Å²) in [6, 6.07) is 0. The van der Waals surface area contributed by atoms with Crippen molar-refractivity contribution in [1.29, 1.82) is 0 Å². The molecule has 14 heavy (non-hydrogen) atoms. The molecule has 0 aromatic carbocycles. The average Bonchev–Trinajstić information content (AvgIpc) is 2.15. The van der Waals surface area contributed by atoms with E-state index in [9.17, 15) is 5.11 Å². The first-order chi connectivity index (χ1) is 6.53. The van der Waals surface area contributed by atoms with Crippen LogP contribution in [0.5, 0.6) is 0 Å². The van der Waals surface area contributed by atoms with E-state index in [1.165, 1.54) is 12.0 Å². The molecule has 1 aliphatic carbocycles. The molecular weight excluding hydrogens is 172 g/mol. The third-order valence-electron chi connectivity index (χ3n) is 2.91. The summed E-state index contributed by atoms with van der Waals surface area (Å²) >= 11 is 0. The van der Waals surface area contributed by atoms with Gasteiger partial charge < -0.3 is 5.11 Å². The van der Waals surface area contributed by atoms with Gasteiger partial charge in [0.1, 0.15) is 5.60 Å². The maximum atomic E-state index is 10.1. The lowest BCUT2D eigenvalue weighted by atomic mass is 9.85. The van der Waals surface area contributed by atoms with Crippen molar-refractivity contribution in [3.05, 3.63) is 11.1 Å². The van der Waals surface area contributed by atoms with Crippen LogP contribution in [0.1, 0.15) is 52.9 Å². The van der Waals surface area contributed by atoms with Crippen LogP contribution in [0.2, 0.25) is 0 Å². The van der Waals surface area contributed by atoms with Crippen LogP contribution in [0.4, 0.5) is 0 Å². The molecule has 0 bridgehead atoms. The smallest absolute Gasteiger partial charge is 0.125 e. The maximum absolute atomic E-state index is 10.1. The topological polar surface area (TPSA) is 20.2 Å². The summed E-state index contributed by atoms with van der Waals surface area (Å²) in [6.45, 7) is 6.11. The molecule has 1 aliphatic rings. The predicted octanol–water partition coefficient (Wildman–Crippen LogP) is 3.04. The van der Waals surface area contributed by atoms with Gasteiger partial charge in [0.05, 0.1) is 0 Å². The van der Waals surface area contributed by atoms with E-state index in [2.05, 4.69) is 25.7 Å². The van der Waals surface area contributed by atoms with Crippen LogP contribution in [0.3, 0.4) is 0 Å². The van der Waals surface area contributed by atoms with Gasteiger partial charge in [0, 0.05) is 0 Å². The van der Waals surface area contributed by atoms with Crippen LogP contribution >= 0.6 is 0 Å². The van der Waals surface area contributed by atoms with E-state index in [1.807, 2.05) is 6.92 Å². The highest BCUT2D eigenvalue weighted by Gasteiger charge is 2.26. The van der Waals surface area contributed by atoms with Crippen LogP contribution < -0.4 is 0 Å². The minimum atomic E-state index is -0.699. The largest absolute Gasteiger partial charge is 0.378 e. The highest BCUT2D eigenvalue weighted by atomic mass is 16.3. The molecule has 0 saturated heterocycles. The molecule has 1 N–H and O–H groups in total. The molecule has 0 atom stereocenters. The Hall–Kier alpha value is -0.740. The zero-order valence-corrected chi connectivity index (χ0v) is 9.48. The normalized spacial score (nSPS) is 19.4. The van der Waals surface area contributed by atoms with E-state index in [4.69, 9.17) is 0 Å². The summed E-state index contributed by atoms with van der Waals surface area (Å²) in [5, 5.41) is 10.1. The Bertz CT molecular complexity index is 278. The van der Waals surface area contributed by atoms with Gasteiger partial charge in [-0.05, 0) is 52.0 Å². The van der Waals surface area contributed by atoms with Crippen molar-refractivity contribution < 1.29 is 5.11 Å². The van der Waals surface area contributed by atoms with Gasteiger partial charge >= 0.3 is 0 Å². The van der Waals surface area contributed by atoms with E-state index in [0.717, 1.165) is 31.3 Å². The van der Waals surface area contributed by atoms with Crippen LogP contribution in [-0.2, 0) is 0 Å². The number of allylic oxidation sites excluding steroid dienone is 2. The third-order valence-corrected chi connectivity index (χ3v) is 2.91. The van der Waals surface area contributed by atoms with Crippen molar-refractivity contribution in [2.24, 2.45) is 0 Å². The van der Waals surface area contributed by atoms with E-state index in [0.29, 0.717) is 0 Å². The molecule has 0 aliphatic heterocycles. The summed E-state index contributed by atoms with van der Waals surface area (Å²) in [4.78, 5) is 0. The zero-order chi connectivity index (χ0) is 10.6. The van der Waals surface area contributed by atoms with Crippen LogP contribution in [0.15, 0.2) is 11.1 Å². The molecular formula is C13H20O. The van der Waals surface area contributed by atoms with Crippen molar-refractivity contribution in [3.8, 4) is 11.8 Å². The summed E-state index contributed by atoms with van der Waals surface area (Å²) in [6.07, 6.45) is 5.15. The van der Waals surface area contributed by atoms with E-state index in [-0.39, 0.29) is 0 Å². The van der Waals surface area contributed by atoms with Crippen molar-refractivity contribution in [1.82, 2.24) is 0 Å². The molecule has 0 aromatic heterocycles. The lowest BCUT2D eigenvalue weighted by molar-refractivity contribution is 0.0610. The minimum Gasteiger partial charge on any atom is -0.378 e. The highest BCUT2D eigenvalue weighted by Crippen LogP contribution is 2.27. The Kier molecular flexibility index (Phi) is 3.77. The molecule has 1 nitrogen and oxygen atoms in total. The van der Waals surface area contributed by atoms with E-state index < -0.39 is 5.60 Å². The Morgan fingerprint density at radius 2 is 1.64 bits per heavy atom. The fourth-order valence-corrected chi connectivity index (χ4v) is 1.60. The number of hydrogen-bond donors (Lipinski definition) is 1. The van der Waals surface area contributed by atoms with E-state index >= 15 is 0 Å². The van der Waals surface area contributed by atoms with Gasteiger partial charge in [0.25, 0.3) is 0 Å². The second kappa shape index (κ2) is 4.66. The maximum Gasteiger partial charge on any atom is 0.125 e. The first-order valence-electron chi connectivity index (χ1n) is 5.43. The molecule has 78 valence electrons. The summed E-state index contributed by atoms with van der Waals surface area (Å²) in [5.41, 5.74) is 1.62. The number of aliphatic hydroxyl groups is 1. The lowest BCUT2D eigenvalue weighted by Gasteiger charge is -2.26. The fourth-order valence-electron chi connectivity index (χ4n) is 1.60. The van der Waals surface area contributed by atoms with Gasteiger partial charge in [-0.15, -0.1) is 0 Å². The molecule has 0 unspecified atom stereocenters. The minimum absolute atomic E-state index is 0.699. The summed E-state index contributed by atoms with van der Waals surface area (Å²) in [7, 11) is 0. The van der Waals surface area contributed by atoms with Crippen LogP contribution in [0.25, 0.3) is 0 Å². The monoisotopic (exact) mass is 192 g/mol. The van der Waals surface area contributed by atoms with Crippen LogP contribution in [-0.4, -0.2) is 10.7 Å². The Morgan fingerprint density at radius 3 is 2.14 bits per heavy atom. The summed E-state index contributed by atoms with van der Waals surface area (Å²) < 4.78 is 0. The molecule has 1 rings (SSSR count). The Morgan fingerprint density at radius 1 is 1.07 bits per heavy atom. The highest BCUT2D eigenvalue weighted by molar-refractivity contribution is 5.33. The van der Waals surface area contributed by atoms with Gasteiger partial charge in [-0.1, -0.05) is 23.8 Å². The van der Waals surface area contributed by atoms with Crippen molar-refractivity contribution in [3.63, 3.8) is 0 Å². The van der Waals surface area contributed by atoms with Gasteiger partial charge in [-0.25, -0.2) is 0 Å². The zero-order valence-electron chi connectivity index (χ0n) is 9.48. The molecule has 1 saturated carbocycles. The van der Waals surface area contributed by atoms with Crippen molar-refractivity contribution >= 4 is 0 Å². The van der Waals surface area contributed by atoms with Crippen molar-refractivity contribution in [2.45, 2.75) is 58.5 Å². The molecule has 0 heterocycles. The van der Waals surface area contributed by atoms with Crippen molar-refractivity contribution in [2.75, 3.05) is 0 Å². The standard InChI is InChI=1S/C13H20O/c1-11(2)12(3)7-10-13(14)8-5-4-6-9-13/h14H,4-6,8-9H2,1-3H3. The first-order valence-corrected chi connectivity index (χ1v) is 5.43. The average molecular weight is 192 g/mol. The molecule has 1 heteroatoms. The van der Waals surface area contributed by atoms with Crippen LogP contribution in [0, 0.1) is 11.8 Å². The molecule has 0 aromatic rings. The number of rotatable bonds is 0. The second-order valence-electron chi connectivity index (χ2n) is 4.47. The third kappa shape index (κ3) is 3.20. The van der Waals surface area contributed by atoms with Gasteiger partial charge in [-0.2, -0.15) is 0 Å². The predicted molar refractivity (Wildman–Crippen MR) is 59.9 cm³/mol. The van der Waals surface area contributed by atoms with Gasteiger partial charge in [-0.3, -0.25) is 0 Å². The Labute approximate surface area is 87.2 Å². The first kappa shape index (κ1) is 11.3. The molecule has 0 spiro atoms. The molecule has 1 fully saturated rings. The van der Waals surface area contributed by atoms with Gasteiger partial charge in [0.2, 0.25) is 0 Å². The fraction of sp³-hybridized carbons (Fsp3) is 0.692. The quantitative estimate of drug-likeness (QED) is 0.585. The Balaban J connectivity index is 2.70.